The summed E-state index contributed by atoms with van der Waals surface area (Å²) < 4.78 is 5.96. The second-order valence-corrected chi connectivity index (χ2v) is 6.88. The molecule has 0 aliphatic rings. The van der Waals surface area contributed by atoms with Crippen molar-refractivity contribution in [2.75, 3.05) is 0 Å². The topological polar surface area (TPSA) is 83.8 Å². The SMILES string of the molecule is O=C(c1ccc(O)cc1)c1cccc(Oc2ccccc2C(=O)c2ccc(O)cc2)c1. The second-order valence-electron chi connectivity index (χ2n) is 6.88. The van der Waals surface area contributed by atoms with Crippen LogP contribution >= 0.6 is 0 Å². The molecule has 0 unspecified atom stereocenters. The molecule has 0 saturated carbocycles. The number of ketones is 2. The number of ether oxygens (including phenoxy) is 1. The standard InChI is InChI=1S/C26H18O5/c27-20-12-8-17(9-13-20)25(29)19-4-3-5-22(16-19)31-24-7-2-1-6-23(24)26(30)18-10-14-21(28)15-11-18/h1-16,27-28H. The van der Waals surface area contributed by atoms with E-state index >= 15 is 0 Å². The highest BCUT2D eigenvalue weighted by Crippen LogP contribution is 2.28. The molecule has 0 saturated heterocycles. The number of carbonyl (C=O) groups is 2. The molecule has 0 spiro atoms. The average Bonchev–Trinajstić information content (AvgIpc) is 2.80. The van der Waals surface area contributed by atoms with Crippen molar-refractivity contribution in [3.05, 3.63) is 119 Å². The number of para-hydroxylation sites is 1. The Morgan fingerprint density at radius 1 is 0.581 bits per heavy atom. The summed E-state index contributed by atoms with van der Waals surface area (Å²) in [5, 5.41) is 18.9. The fourth-order valence-corrected chi connectivity index (χ4v) is 3.12. The Labute approximate surface area is 178 Å². The number of phenols is 2. The second kappa shape index (κ2) is 8.55. The van der Waals surface area contributed by atoms with Crippen molar-refractivity contribution in [3.63, 3.8) is 0 Å². The monoisotopic (exact) mass is 410 g/mol. The molecule has 4 aromatic carbocycles. The lowest BCUT2D eigenvalue weighted by molar-refractivity contribution is 0.102. The number of hydrogen-bond acceptors (Lipinski definition) is 5. The van der Waals surface area contributed by atoms with Crippen LogP contribution in [0.1, 0.15) is 31.8 Å². The third-order valence-electron chi connectivity index (χ3n) is 4.71. The normalized spacial score (nSPS) is 10.5. The summed E-state index contributed by atoms with van der Waals surface area (Å²) in [6, 6.07) is 25.6. The molecule has 0 bridgehead atoms. The minimum atomic E-state index is -0.244. The van der Waals surface area contributed by atoms with Crippen LogP contribution in [-0.2, 0) is 0 Å². The summed E-state index contributed by atoms with van der Waals surface area (Å²) in [6.07, 6.45) is 0. The fourth-order valence-electron chi connectivity index (χ4n) is 3.12. The maximum Gasteiger partial charge on any atom is 0.196 e. The van der Waals surface area contributed by atoms with Gasteiger partial charge in [0.05, 0.1) is 5.56 Å². The van der Waals surface area contributed by atoms with Crippen LogP contribution in [0.25, 0.3) is 0 Å². The van der Waals surface area contributed by atoms with Crippen molar-refractivity contribution in [2.45, 2.75) is 0 Å². The van der Waals surface area contributed by atoms with Gasteiger partial charge in [-0.2, -0.15) is 0 Å². The smallest absolute Gasteiger partial charge is 0.196 e. The molecule has 5 nitrogen and oxygen atoms in total. The largest absolute Gasteiger partial charge is 0.508 e. The summed E-state index contributed by atoms with van der Waals surface area (Å²) in [5.41, 5.74) is 1.65. The zero-order chi connectivity index (χ0) is 21.8. The first-order valence-electron chi connectivity index (χ1n) is 9.56. The molecule has 0 aromatic heterocycles. The number of carbonyl (C=O) groups excluding carboxylic acids is 2. The van der Waals surface area contributed by atoms with E-state index in [4.69, 9.17) is 4.74 Å². The Morgan fingerprint density at radius 3 is 1.81 bits per heavy atom. The van der Waals surface area contributed by atoms with Crippen molar-refractivity contribution in [2.24, 2.45) is 0 Å². The molecule has 4 rings (SSSR count). The summed E-state index contributed by atoms with van der Waals surface area (Å²) >= 11 is 0. The number of hydrogen-bond donors (Lipinski definition) is 2. The molecule has 0 radical (unpaired) electrons. The van der Waals surface area contributed by atoms with E-state index in [1.807, 2.05) is 0 Å². The number of benzene rings is 4. The van der Waals surface area contributed by atoms with Crippen LogP contribution in [0.15, 0.2) is 97.1 Å². The van der Waals surface area contributed by atoms with E-state index in [0.717, 1.165) is 0 Å². The molecule has 5 heteroatoms. The summed E-state index contributed by atoms with van der Waals surface area (Å²) in [7, 11) is 0. The highest BCUT2D eigenvalue weighted by Gasteiger charge is 2.16. The van der Waals surface area contributed by atoms with Crippen molar-refractivity contribution < 1.29 is 24.5 Å². The molecular weight excluding hydrogens is 392 g/mol. The van der Waals surface area contributed by atoms with Gasteiger partial charge in [0.1, 0.15) is 23.0 Å². The van der Waals surface area contributed by atoms with Crippen LogP contribution in [0.5, 0.6) is 23.0 Å². The molecular formula is C26H18O5. The highest BCUT2D eigenvalue weighted by molar-refractivity contribution is 6.11. The molecule has 31 heavy (non-hydrogen) atoms. The molecule has 0 heterocycles. The predicted octanol–water partition coefficient (Wildman–Crippen LogP) is 5.35. The van der Waals surface area contributed by atoms with E-state index in [9.17, 15) is 19.8 Å². The molecule has 4 aromatic rings. The lowest BCUT2D eigenvalue weighted by Gasteiger charge is -2.11. The van der Waals surface area contributed by atoms with Gasteiger partial charge in [-0.3, -0.25) is 9.59 Å². The van der Waals surface area contributed by atoms with Crippen LogP contribution in [-0.4, -0.2) is 21.8 Å². The zero-order valence-electron chi connectivity index (χ0n) is 16.4. The first kappa shape index (κ1) is 19.9. The Bertz CT molecular complexity index is 1240. The highest BCUT2D eigenvalue weighted by atomic mass is 16.5. The maximum atomic E-state index is 12.9. The lowest BCUT2D eigenvalue weighted by Crippen LogP contribution is -2.04. The van der Waals surface area contributed by atoms with Crippen LogP contribution in [0.4, 0.5) is 0 Å². The van der Waals surface area contributed by atoms with Gasteiger partial charge < -0.3 is 14.9 Å². The molecule has 0 fully saturated rings. The average molecular weight is 410 g/mol. The quantitative estimate of drug-likeness (QED) is 0.419. The van der Waals surface area contributed by atoms with Gasteiger partial charge in [-0.15, -0.1) is 0 Å². The third-order valence-corrected chi connectivity index (χ3v) is 4.71. The van der Waals surface area contributed by atoms with E-state index in [2.05, 4.69) is 0 Å². The molecule has 0 aliphatic carbocycles. The zero-order valence-corrected chi connectivity index (χ0v) is 16.4. The first-order chi connectivity index (χ1) is 15.0. The van der Waals surface area contributed by atoms with Crippen LogP contribution in [0.3, 0.4) is 0 Å². The number of aromatic hydroxyl groups is 2. The van der Waals surface area contributed by atoms with E-state index < -0.39 is 0 Å². The van der Waals surface area contributed by atoms with Gasteiger partial charge in [0.25, 0.3) is 0 Å². The minimum absolute atomic E-state index is 0.0798. The van der Waals surface area contributed by atoms with Gasteiger partial charge in [0.15, 0.2) is 11.6 Å². The van der Waals surface area contributed by atoms with Crippen LogP contribution in [0, 0.1) is 0 Å². The molecule has 0 amide bonds. The van der Waals surface area contributed by atoms with Gasteiger partial charge in [0, 0.05) is 16.7 Å². The van der Waals surface area contributed by atoms with E-state index in [0.29, 0.717) is 33.8 Å². The summed E-state index contributed by atoms with van der Waals surface area (Å²) in [5.74, 6) is 0.482. The Hall–Kier alpha value is -4.38. The van der Waals surface area contributed by atoms with Gasteiger partial charge >= 0.3 is 0 Å². The van der Waals surface area contributed by atoms with Crippen LogP contribution in [0.2, 0.25) is 0 Å². The maximum absolute atomic E-state index is 12.9. The van der Waals surface area contributed by atoms with Gasteiger partial charge in [-0.05, 0) is 72.8 Å². The number of phenolic OH excluding ortho intramolecular Hbond substituents is 2. The number of rotatable bonds is 6. The van der Waals surface area contributed by atoms with Crippen molar-refractivity contribution in [3.8, 4) is 23.0 Å². The van der Waals surface area contributed by atoms with Crippen molar-refractivity contribution in [1.82, 2.24) is 0 Å². The summed E-state index contributed by atoms with van der Waals surface area (Å²) in [4.78, 5) is 25.7. The minimum Gasteiger partial charge on any atom is -0.508 e. The molecule has 152 valence electrons. The Balaban J connectivity index is 1.61. The lowest BCUT2D eigenvalue weighted by atomic mass is 10.0. The first-order valence-corrected chi connectivity index (χ1v) is 9.56. The van der Waals surface area contributed by atoms with E-state index in [-0.39, 0.29) is 23.1 Å². The third kappa shape index (κ3) is 4.46. The predicted molar refractivity (Wildman–Crippen MR) is 116 cm³/mol. The fraction of sp³-hybridized carbons (Fsp3) is 0. The van der Waals surface area contributed by atoms with Gasteiger partial charge in [-0.1, -0.05) is 24.3 Å². The Kier molecular flexibility index (Phi) is 5.49. The molecule has 0 aliphatic heterocycles. The van der Waals surface area contributed by atoms with Gasteiger partial charge in [0.2, 0.25) is 0 Å². The van der Waals surface area contributed by atoms with Gasteiger partial charge in [-0.25, -0.2) is 0 Å². The van der Waals surface area contributed by atoms with Crippen molar-refractivity contribution in [1.29, 1.82) is 0 Å². The summed E-state index contributed by atoms with van der Waals surface area (Å²) in [6.45, 7) is 0. The van der Waals surface area contributed by atoms with E-state index in [1.165, 1.54) is 24.3 Å². The van der Waals surface area contributed by atoms with Crippen molar-refractivity contribution >= 4 is 11.6 Å². The Morgan fingerprint density at radius 2 is 1.16 bits per heavy atom. The van der Waals surface area contributed by atoms with E-state index in [1.54, 1.807) is 72.8 Å². The van der Waals surface area contributed by atoms with Crippen LogP contribution < -0.4 is 4.74 Å². The molecule has 2 N–H and O–H groups in total. The molecule has 0 atom stereocenters.